The van der Waals surface area contributed by atoms with Crippen molar-refractivity contribution in [2.45, 2.75) is 167 Å². The normalized spacial score (nSPS) is 35.7. The van der Waals surface area contributed by atoms with Crippen LogP contribution in [0.5, 0.6) is 0 Å². The first-order valence-electron chi connectivity index (χ1n) is 19.1. The van der Waals surface area contributed by atoms with Gasteiger partial charge in [0, 0.05) is 0 Å². The van der Waals surface area contributed by atoms with Crippen molar-refractivity contribution in [3.05, 3.63) is 46.6 Å². The predicted molar refractivity (Wildman–Crippen MR) is 182 cm³/mol. The Morgan fingerprint density at radius 1 is 0.957 bits per heavy atom. The minimum absolute atomic E-state index is 0.00500. The van der Waals surface area contributed by atoms with Crippen molar-refractivity contribution in [2.75, 3.05) is 0 Å². The zero-order valence-corrected chi connectivity index (χ0v) is 28.9. The van der Waals surface area contributed by atoms with Crippen LogP contribution in [0.4, 0.5) is 17.6 Å². The Kier molecular flexibility index (Phi) is 12.8. The molecule has 0 spiro atoms. The molecule has 260 valence electrons. The average Bonchev–Trinajstić information content (AvgIpc) is 3.28. The Morgan fingerprint density at radius 3 is 2.43 bits per heavy atom. The molecular weight excluding hydrogens is 584 g/mol. The molecule has 0 heterocycles. The Bertz CT molecular complexity index is 1100. The molecule has 5 heteroatoms. The van der Waals surface area contributed by atoms with Crippen LogP contribution in [0.1, 0.15) is 149 Å². The lowest BCUT2D eigenvalue weighted by molar-refractivity contribution is -0.199. The average molecular weight is 647 g/mol. The van der Waals surface area contributed by atoms with Crippen LogP contribution in [0.25, 0.3) is 0 Å². The van der Waals surface area contributed by atoms with Gasteiger partial charge in [-0.2, -0.15) is 13.2 Å². The molecule has 46 heavy (non-hydrogen) atoms. The smallest absolute Gasteiger partial charge is 0.388 e. The van der Waals surface area contributed by atoms with Crippen LogP contribution in [0.3, 0.4) is 0 Å². The highest BCUT2D eigenvalue weighted by Crippen LogP contribution is 2.49. The fourth-order valence-corrected chi connectivity index (χ4v) is 10.1. The van der Waals surface area contributed by atoms with Crippen molar-refractivity contribution in [3.8, 4) is 0 Å². The van der Waals surface area contributed by atoms with Crippen LogP contribution < -0.4 is 0 Å². The summed E-state index contributed by atoms with van der Waals surface area (Å²) in [5.41, 5.74) is 5.35. The number of hydrogen-bond acceptors (Lipinski definition) is 1. The maximum Gasteiger partial charge on any atom is 0.392 e. The van der Waals surface area contributed by atoms with Crippen molar-refractivity contribution in [3.63, 3.8) is 0 Å². The Morgan fingerprint density at radius 2 is 1.70 bits per heavy atom. The quantitative estimate of drug-likeness (QED) is 0.205. The van der Waals surface area contributed by atoms with Crippen molar-refractivity contribution >= 4 is 0 Å². The molecule has 3 fully saturated rings. The first kappa shape index (κ1) is 35.9. The van der Waals surface area contributed by atoms with E-state index in [0.29, 0.717) is 37.2 Å². The summed E-state index contributed by atoms with van der Waals surface area (Å²) in [6.07, 6.45) is 18.3. The molecule has 5 aliphatic rings. The Hall–Kier alpha value is -1.36. The molecule has 0 radical (unpaired) electrons. The van der Waals surface area contributed by atoms with Gasteiger partial charge in [-0.25, -0.2) is 4.39 Å². The first-order valence-corrected chi connectivity index (χ1v) is 19.1. The number of aliphatic hydroxyl groups is 1. The van der Waals surface area contributed by atoms with Crippen LogP contribution in [0.15, 0.2) is 46.6 Å². The van der Waals surface area contributed by atoms with Crippen LogP contribution in [-0.2, 0) is 0 Å². The van der Waals surface area contributed by atoms with E-state index >= 15 is 4.39 Å². The van der Waals surface area contributed by atoms with Gasteiger partial charge in [-0.1, -0.05) is 74.5 Å². The third-order valence-electron chi connectivity index (χ3n) is 13.2. The molecule has 5 rings (SSSR count). The summed E-state index contributed by atoms with van der Waals surface area (Å²) in [5.74, 6) is -0.260. The molecule has 0 bridgehead atoms. The summed E-state index contributed by atoms with van der Waals surface area (Å²) < 4.78 is 58.8. The monoisotopic (exact) mass is 646 g/mol. The second-order valence-electron chi connectivity index (χ2n) is 16.2. The van der Waals surface area contributed by atoms with Gasteiger partial charge in [-0.15, -0.1) is 0 Å². The minimum Gasteiger partial charge on any atom is -0.388 e. The van der Waals surface area contributed by atoms with E-state index in [-0.39, 0.29) is 24.7 Å². The van der Waals surface area contributed by atoms with Crippen molar-refractivity contribution in [1.29, 1.82) is 0 Å². The highest BCUT2D eigenvalue weighted by molar-refractivity contribution is 5.25. The number of hydrogen-bond donors (Lipinski definition) is 1. The Balaban J connectivity index is 1.18. The molecule has 0 aromatic heterocycles. The summed E-state index contributed by atoms with van der Waals surface area (Å²) in [4.78, 5) is 0. The number of alkyl halides is 4. The van der Waals surface area contributed by atoms with Crippen molar-refractivity contribution < 1.29 is 22.7 Å². The number of halogens is 4. The van der Waals surface area contributed by atoms with Gasteiger partial charge in [-0.05, 0) is 156 Å². The van der Waals surface area contributed by atoms with Gasteiger partial charge in [0.05, 0.1) is 12.0 Å². The lowest BCUT2D eigenvalue weighted by atomic mass is 9.67. The number of rotatable bonds is 8. The van der Waals surface area contributed by atoms with E-state index in [1.165, 1.54) is 56.9 Å². The lowest BCUT2D eigenvalue weighted by Crippen LogP contribution is -2.39. The third-order valence-corrected chi connectivity index (χ3v) is 13.2. The van der Waals surface area contributed by atoms with E-state index in [4.69, 9.17) is 0 Å². The zero-order valence-electron chi connectivity index (χ0n) is 28.9. The third kappa shape index (κ3) is 9.20. The van der Waals surface area contributed by atoms with Gasteiger partial charge in [0.25, 0.3) is 0 Å². The van der Waals surface area contributed by atoms with Crippen molar-refractivity contribution in [2.24, 2.45) is 41.4 Å². The van der Waals surface area contributed by atoms with Gasteiger partial charge in [-0.3, -0.25) is 0 Å². The van der Waals surface area contributed by atoms with Crippen LogP contribution in [0, 0.1) is 41.4 Å². The molecule has 0 amide bonds. The lowest BCUT2D eigenvalue weighted by Gasteiger charge is -2.40. The number of allylic oxidation sites excluding steroid dienone is 6. The van der Waals surface area contributed by atoms with Crippen LogP contribution >= 0.6 is 0 Å². The van der Waals surface area contributed by atoms with E-state index in [1.807, 2.05) is 6.92 Å². The summed E-state index contributed by atoms with van der Waals surface area (Å²) in [7, 11) is 0. The van der Waals surface area contributed by atoms with E-state index in [9.17, 15) is 18.3 Å². The summed E-state index contributed by atoms with van der Waals surface area (Å²) >= 11 is 0. The van der Waals surface area contributed by atoms with Gasteiger partial charge in [0.15, 0.2) is 0 Å². The van der Waals surface area contributed by atoms with E-state index in [1.54, 1.807) is 5.57 Å². The summed E-state index contributed by atoms with van der Waals surface area (Å²) in [5, 5.41) is 11.5. The number of fused-ring (bicyclic) bond motifs is 1. The van der Waals surface area contributed by atoms with E-state index < -0.39 is 30.3 Å². The fourth-order valence-electron chi connectivity index (χ4n) is 10.1. The molecule has 0 aliphatic heterocycles. The topological polar surface area (TPSA) is 20.2 Å². The molecule has 1 nitrogen and oxygen atoms in total. The van der Waals surface area contributed by atoms with Gasteiger partial charge in [0.1, 0.15) is 6.17 Å². The van der Waals surface area contributed by atoms with Crippen molar-refractivity contribution in [1.82, 2.24) is 0 Å². The first-order chi connectivity index (χ1) is 22.0. The predicted octanol–water partition coefficient (Wildman–Crippen LogP) is 12.6. The van der Waals surface area contributed by atoms with E-state index in [2.05, 4.69) is 25.7 Å². The SMILES string of the molecule is C=C(C1CCC(CC=C2CCCC(C)CCC2)C(C(F)(F)F)C1)C(O)C1CC(CCC2=CCCC3CCCCCC23)=C(C)C(F)C1. The highest BCUT2D eigenvalue weighted by atomic mass is 19.4. The largest absolute Gasteiger partial charge is 0.392 e. The molecular formula is C41H62F4O. The van der Waals surface area contributed by atoms with Gasteiger partial charge >= 0.3 is 6.18 Å². The Labute approximate surface area is 277 Å². The van der Waals surface area contributed by atoms with Gasteiger partial charge < -0.3 is 5.11 Å². The van der Waals surface area contributed by atoms with Gasteiger partial charge in [0.2, 0.25) is 0 Å². The molecule has 0 aromatic rings. The minimum atomic E-state index is -4.27. The van der Waals surface area contributed by atoms with Crippen LogP contribution in [0.2, 0.25) is 0 Å². The standard InChI is InChI=1S/C41H62F4O/c1-27-10-7-12-30(13-8-11-27)18-19-33-21-23-35(25-38(33)41(43,44)45)29(3)40(46)36-24-34(28(2)39(42)26-36)22-20-32-16-9-15-31-14-5-4-6-17-37(31)32/h16,18,27,31,33,35-40,46H,3-15,17,19-26H2,1-2H3. The second-order valence-corrected chi connectivity index (χ2v) is 16.2. The molecule has 1 N–H and O–H groups in total. The molecule has 8 atom stereocenters. The summed E-state index contributed by atoms with van der Waals surface area (Å²) in [6.45, 7) is 8.41. The van der Waals surface area contributed by atoms with E-state index in [0.717, 1.165) is 67.9 Å². The van der Waals surface area contributed by atoms with Crippen LogP contribution in [-0.4, -0.2) is 23.6 Å². The zero-order chi connectivity index (χ0) is 32.8. The molecule has 8 unspecified atom stereocenters. The molecule has 3 saturated carbocycles. The second kappa shape index (κ2) is 16.4. The maximum atomic E-state index is 15.4. The fraction of sp³-hybridized carbons (Fsp3) is 0.805. The highest BCUT2D eigenvalue weighted by Gasteiger charge is 2.48. The molecule has 5 aliphatic carbocycles. The summed E-state index contributed by atoms with van der Waals surface area (Å²) in [6, 6.07) is 0. The maximum absolute atomic E-state index is 15.4. The number of aliphatic hydroxyl groups excluding tert-OH is 1. The molecule has 0 aromatic carbocycles. The molecule has 0 saturated heterocycles.